The van der Waals surface area contributed by atoms with E-state index in [-0.39, 0.29) is 5.84 Å². The second-order valence-corrected chi connectivity index (χ2v) is 1.65. The van der Waals surface area contributed by atoms with E-state index in [2.05, 4.69) is 35.1 Å². The molecule has 0 bridgehead atoms. The summed E-state index contributed by atoms with van der Waals surface area (Å²) in [6.07, 6.45) is 9.83. The van der Waals surface area contributed by atoms with Crippen LogP contribution >= 0.6 is 12.6 Å². The molecule has 0 amide bonds. The first-order valence-corrected chi connectivity index (χ1v) is 3.35. The number of hydrogen-bond donors (Lipinski definition) is 1. The number of nitrogens with zero attached hydrogens (tertiary/aromatic N) is 2. The molecule has 0 aromatic rings. The second-order valence-electron chi connectivity index (χ2n) is 1.42. The van der Waals surface area contributed by atoms with Crippen LogP contribution < -0.4 is 0 Å². The van der Waals surface area contributed by atoms with Gasteiger partial charge in [-0.15, -0.1) is 19.1 Å². The lowest BCUT2D eigenvalue weighted by Gasteiger charge is -1.82. The predicted octanol–water partition coefficient (Wildman–Crippen LogP) is 1.68. The maximum Gasteiger partial charge on any atom is 0.205 e. The Balaban J connectivity index is 4.26. The van der Waals surface area contributed by atoms with Crippen LogP contribution in [-0.4, -0.2) is 11.4 Å². The van der Waals surface area contributed by atoms with Crippen molar-refractivity contribution in [3.63, 3.8) is 0 Å². The van der Waals surface area contributed by atoms with Gasteiger partial charge in [0.15, 0.2) is 0 Å². The fourth-order valence-corrected chi connectivity index (χ4v) is 0.446. The van der Waals surface area contributed by atoms with Gasteiger partial charge >= 0.3 is 0 Å². The highest BCUT2D eigenvalue weighted by Gasteiger charge is 1.81. The van der Waals surface area contributed by atoms with Crippen molar-refractivity contribution < 1.29 is 0 Å². The normalized spacial score (nSPS) is 12.2. The zero-order valence-corrected chi connectivity index (χ0v) is 6.83. The van der Waals surface area contributed by atoms with E-state index in [0.29, 0.717) is 0 Å². The van der Waals surface area contributed by atoms with Gasteiger partial charge in [0.05, 0.1) is 5.55 Å². The van der Waals surface area contributed by atoms with E-state index in [9.17, 15) is 0 Å². The highest BCUT2D eigenvalue weighted by atomic mass is 32.1. The average Bonchev–Trinajstić information content (AvgIpc) is 2.03. The molecule has 0 aliphatic heterocycles. The lowest BCUT2D eigenvalue weighted by molar-refractivity contribution is 1.52. The molecule has 0 aromatic carbocycles. The molecule has 0 saturated heterocycles. The Morgan fingerprint density at radius 2 is 2.36 bits per heavy atom. The molecule has 0 atom stereocenters. The van der Waals surface area contributed by atoms with Gasteiger partial charge in [-0.25, -0.2) is 9.98 Å². The predicted molar refractivity (Wildman–Crippen MR) is 53.1 cm³/mol. The highest BCUT2D eigenvalue weighted by molar-refractivity contribution is 7.94. The van der Waals surface area contributed by atoms with Crippen molar-refractivity contribution >= 4 is 24.0 Å². The fourth-order valence-electron chi connectivity index (χ4n) is 0.337. The van der Waals surface area contributed by atoms with Gasteiger partial charge in [-0.3, -0.25) is 0 Å². The first-order valence-electron chi connectivity index (χ1n) is 2.84. The first kappa shape index (κ1) is 9.73. The molecule has 0 fully saturated rings. The Labute approximate surface area is 71.9 Å². The fraction of sp³-hybridized carbons (Fsp3) is 0. The van der Waals surface area contributed by atoms with Crippen molar-refractivity contribution in [2.45, 2.75) is 0 Å². The van der Waals surface area contributed by atoms with E-state index in [0.717, 1.165) is 0 Å². The van der Waals surface area contributed by atoms with Crippen LogP contribution in [0.25, 0.3) is 0 Å². The Morgan fingerprint density at radius 3 is 2.82 bits per heavy atom. The molecule has 0 radical (unpaired) electrons. The number of rotatable bonds is 2. The monoisotopic (exact) mass is 164 g/mol. The maximum atomic E-state index is 5.05. The maximum absolute atomic E-state index is 5.05. The van der Waals surface area contributed by atoms with Gasteiger partial charge in [-0.1, -0.05) is 12.7 Å². The number of amidine groups is 1. The Morgan fingerprint density at radius 1 is 1.64 bits per heavy atom. The zero-order valence-electron chi connectivity index (χ0n) is 5.94. The first-order chi connectivity index (χ1) is 5.35. The van der Waals surface area contributed by atoms with E-state index >= 15 is 0 Å². The summed E-state index contributed by atoms with van der Waals surface area (Å²) >= 11 is 3.75. The molecule has 0 aliphatic carbocycles. The summed E-state index contributed by atoms with van der Waals surface area (Å²) in [5, 5.41) is 0. The quantitative estimate of drug-likeness (QED) is 0.211. The minimum Gasteiger partial charge on any atom is -0.229 e. The van der Waals surface area contributed by atoms with Crippen LogP contribution in [0.1, 0.15) is 0 Å². The van der Waals surface area contributed by atoms with Crippen LogP contribution in [0.2, 0.25) is 0 Å². The summed E-state index contributed by atoms with van der Waals surface area (Å²) in [6.45, 7) is 3.47. The molecule has 0 saturated carbocycles. The van der Waals surface area contributed by atoms with Crippen LogP contribution in [0.15, 0.2) is 34.9 Å². The van der Waals surface area contributed by atoms with Crippen LogP contribution in [0, 0.1) is 12.3 Å². The van der Waals surface area contributed by atoms with E-state index in [1.807, 2.05) is 0 Å². The van der Waals surface area contributed by atoms with Crippen molar-refractivity contribution in [3.05, 3.63) is 24.9 Å². The molecule has 0 aromatic heterocycles. The Hall–Kier alpha value is -1.27. The van der Waals surface area contributed by atoms with Gasteiger partial charge in [0.1, 0.15) is 0 Å². The van der Waals surface area contributed by atoms with Crippen molar-refractivity contribution in [1.29, 1.82) is 0 Å². The summed E-state index contributed by atoms with van der Waals surface area (Å²) in [4.78, 5) is 7.49. The molecule has 0 N–H and O–H groups in total. The number of aliphatic imine (C=N–C) groups is 2. The van der Waals surface area contributed by atoms with Crippen molar-refractivity contribution in [2.75, 3.05) is 0 Å². The molecule has 0 heterocycles. The molecule has 56 valence electrons. The zero-order chi connectivity index (χ0) is 8.53. The van der Waals surface area contributed by atoms with E-state index in [1.54, 1.807) is 12.2 Å². The third-order valence-corrected chi connectivity index (χ3v) is 0.844. The Kier molecular flexibility index (Phi) is 6.05. The lowest BCUT2D eigenvalue weighted by Crippen LogP contribution is -1.85. The van der Waals surface area contributed by atoms with Crippen LogP contribution in [0.4, 0.5) is 0 Å². The van der Waals surface area contributed by atoms with E-state index < -0.39 is 0 Å². The molecule has 2 nitrogen and oxygen atoms in total. The van der Waals surface area contributed by atoms with Gasteiger partial charge in [0.2, 0.25) is 5.84 Å². The number of allylic oxidation sites excluding steroid dienone is 2. The topological polar surface area (TPSA) is 24.7 Å². The number of thiol groups is 1. The number of hydrogen-bond acceptors (Lipinski definition) is 1. The molecular weight excluding hydrogens is 156 g/mol. The molecule has 0 rings (SSSR count). The molecule has 3 heteroatoms. The van der Waals surface area contributed by atoms with Gasteiger partial charge < -0.3 is 0 Å². The minimum atomic E-state index is 0.290. The van der Waals surface area contributed by atoms with Crippen LogP contribution in [0.3, 0.4) is 0 Å². The smallest absolute Gasteiger partial charge is 0.205 e. The van der Waals surface area contributed by atoms with Crippen LogP contribution in [0.5, 0.6) is 0 Å². The van der Waals surface area contributed by atoms with Gasteiger partial charge in [0.25, 0.3) is 0 Å². The summed E-state index contributed by atoms with van der Waals surface area (Å²) in [7, 11) is 0. The SMILES string of the molecule is C#CC(=N/C=C\C=C)/N=C/S. The van der Waals surface area contributed by atoms with Crippen molar-refractivity contribution in [3.8, 4) is 12.3 Å². The van der Waals surface area contributed by atoms with Crippen molar-refractivity contribution in [2.24, 2.45) is 9.98 Å². The van der Waals surface area contributed by atoms with Crippen molar-refractivity contribution in [1.82, 2.24) is 0 Å². The summed E-state index contributed by atoms with van der Waals surface area (Å²) in [5.74, 6) is 2.57. The third kappa shape index (κ3) is 5.19. The van der Waals surface area contributed by atoms with Gasteiger partial charge in [0, 0.05) is 6.20 Å². The molecule has 0 spiro atoms. The Bertz CT molecular complexity index is 243. The van der Waals surface area contributed by atoms with Gasteiger partial charge in [-0.05, 0) is 12.0 Å². The number of terminal acetylenes is 1. The van der Waals surface area contributed by atoms with E-state index in [4.69, 9.17) is 6.42 Å². The largest absolute Gasteiger partial charge is 0.229 e. The van der Waals surface area contributed by atoms with E-state index in [1.165, 1.54) is 11.7 Å². The minimum absolute atomic E-state index is 0.290. The summed E-state index contributed by atoms with van der Waals surface area (Å²) < 4.78 is 0. The summed E-state index contributed by atoms with van der Waals surface area (Å²) in [5.41, 5.74) is 1.29. The molecular formula is C8H8N2S. The third-order valence-electron chi connectivity index (χ3n) is 0.728. The highest BCUT2D eigenvalue weighted by Crippen LogP contribution is 1.82. The van der Waals surface area contributed by atoms with Gasteiger partial charge in [-0.2, -0.15) is 0 Å². The van der Waals surface area contributed by atoms with Crippen LogP contribution in [-0.2, 0) is 0 Å². The second kappa shape index (κ2) is 6.84. The molecule has 0 aliphatic rings. The lowest BCUT2D eigenvalue weighted by atomic mass is 10.6. The molecule has 11 heavy (non-hydrogen) atoms. The summed E-state index contributed by atoms with van der Waals surface area (Å²) in [6, 6.07) is 0. The standard InChI is InChI=1S/C8H8N2S/c1-3-5-6-9-8(4-2)10-7-11/h2-3,5-7H,1H2,(H,9,10,11)/b6-5-. The average molecular weight is 164 g/mol. The molecule has 0 unspecified atom stereocenters.